The second-order valence-corrected chi connectivity index (χ2v) is 3.99. The number of benzene rings is 1. The van der Waals surface area contributed by atoms with Gasteiger partial charge in [-0.05, 0) is 31.2 Å². The minimum atomic E-state index is 0.0216. The van der Waals surface area contributed by atoms with Crippen molar-refractivity contribution in [2.45, 2.75) is 6.92 Å². The lowest BCUT2D eigenvalue weighted by molar-refractivity contribution is -0.122. The second kappa shape index (κ2) is 9.35. The van der Waals surface area contributed by atoms with Crippen LogP contribution in [-0.2, 0) is 14.3 Å². The highest BCUT2D eigenvalue weighted by atomic mass is 16.5. The van der Waals surface area contributed by atoms with Gasteiger partial charge in [-0.15, -0.1) is 0 Å². The van der Waals surface area contributed by atoms with E-state index in [4.69, 9.17) is 14.2 Å². The predicted octanol–water partition coefficient (Wildman–Crippen LogP) is 1.73. The molecule has 1 N–H and O–H groups in total. The van der Waals surface area contributed by atoms with Gasteiger partial charge >= 0.3 is 0 Å². The topological polar surface area (TPSA) is 56.8 Å². The van der Waals surface area contributed by atoms with Crippen LogP contribution in [0.15, 0.2) is 24.3 Å². The first kappa shape index (κ1) is 15.5. The minimum absolute atomic E-state index is 0.0216. The lowest BCUT2D eigenvalue weighted by atomic mass is 10.3. The molecule has 0 saturated carbocycles. The molecule has 19 heavy (non-hydrogen) atoms. The van der Waals surface area contributed by atoms with Crippen molar-refractivity contribution in [3.8, 4) is 5.75 Å². The van der Waals surface area contributed by atoms with Gasteiger partial charge in [0.25, 0.3) is 0 Å². The monoisotopic (exact) mass is 267 g/mol. The number of Topliss-reactive ketones (excluding diaryl/α,β-unsaturated/α-hetero) is 1. The van der Waals surface area contributed by atoms with Crippen molar-refractivity contribution >= 4 is 11.5 Å². The van der Waals surface area contributed by atoms with Crippen LogP contribution in [0.1, 0.15) is 6.92 Å². The van der Waals surface area contributed by atoms with E-state index in [9.17, 15) is 4.79 Å². The molecule has 1 rings (SSSR count). The number of nitrogens with one attached hydrogen (secondary N) is 1. The molecule has 0 fully saturated rings. The second-order valence-electron chi connectivity index (χ2n) is 3.99. The number of ketones is 1. The SMILES string of the molecule is CNc1ccc(OCCOCCOCC(C)=O)cc1. The van der Waals surface area contributed by atoms with E-state index in [0.717, 1.165) is 11.4 Å². The minimum Gasteiger partial charge on any atom is -0.491 e. The Balaban J connectivity index is 1.99. The zero-order valence-corrected chi connectivity index (χ0v) is 11.5. The average Bonchev–Trinajstić information content (AvgIpc) is 2.42. The van der Waals surface area contributed by atoms with Gasteiger partial charge in [-0.3, -0.25) is 4.79 Å². The van der Waals surface area contributed by atoms with Gasteiger partial charge in [0, 0.05) is 12.7 Å². The summed E-state index contributed by atoms with van der Waals surface area (Å²) in [7, 11) is 1.87. The Morgan fingerprint density at radius 1 is 1.05 bits per heavy atom. The van der Waals surface area contributed by atoms with Crippen molar-refractivity contribution in [1.82, 2.24) is 0 Å². The molecule has 0 atom stereocenters. The zero-order chi connectivity index (χ0) is 13.9. The van der Waals surface area contributed by atoms with Gasteiger partial charge in [0.05, 0.1) is 19.8 Å². The third-order valence-corrected chi connectivity index (χ3v) is 2.32. The molecule has 0 bridgehead atoms. The molecule has 0 aliphatic carbocycles. The fourth-order valence-electron chi connectivity index (χ4n) is 1.37. The summed E-state index contributed by atoms with van der Waals surface area (Å²) in [6.45, 7) is 3.53. The summed E-state index contributed by atoms with van der Waals surface area (Å²) in [6.07, 6.45) is 0. The number of ether oxygens (including phenoxy) is 3. The van der Waals surface area contributed by atoms with Crippen molar-refractivity contribution < 1.29 is 19.0 Å². The molecule has 1 aromatic carbocycles. The third-order valence-electron chi connectivity index (χ3n) is 2.32. The van der Waals surface area contributed by atoms with Crippen LogP contribution in [0.3, 0.4) is 0 Å². The maximum Gasteiger partial charge on any atom is 0.155 e. The van der Waals surface area contributed by atoms with Crippen LogP contribution in [0.5, 0.6) is 5.75 Å². The number of hydrogen-bond donors (Lipinski definition) is 1. The summed E-state index contributed by atoms with van der Waals surface area (Å²) < 4.78 is 15.9. The van der Waals surface area contributed by atoms with Gasteiger partial charge in [0.1, 0.15) is 19.0 Å². The Morgan fingerprint density at radius 3 is 2.32 bits per heavy atom. The zero-order valence-electron chi connectivity index (χ0n) is 11.5. The number of carbonyl (C=O) groups excluding carboxylic acids is 1. The molecule has 5 nitrogen and oxygen atoms in total. The van der Waals surface area contributed by atoms with E-state index >= 15 is 0 Å². The Morgan fingerprint density at radius 2 is 1.68 bits per heavy atom. The molecule has 0 heterocycles. The van der Waals surface area contributed by atoms with Crippen LogP contribution in [0.2, 0.25) is 0 Å². The number of anilines is 1. The highest BCUT2D eigenvalue weighted by molar-refractivity contribution is 5.76. The summed E-state index contributed by atoms with van der Waals surface area (Å²) in [6, 6.07) is 7.71. The van der Waals surface area contributed by atoms with E-state index in [2.05, 4.69) is 5.32 Å². The summed E-state index contributed by atoms with van der Waals surface area (Å²) in [5.74, 6) is 0.837. The summed E-state index contributed by atoms with van der Waals surface area (Å²) in [4.78, 5) is 10.6. The molecule has 106 valence electrons. The first-order valence-corrected chi connectivity index (χ1v) is 6.28. The maximum atomic E-state index is 10.6. The van der Waals surface area contributed by atoms with Crippen molar-refractivity contribution in [2.24, 2.45) is 0 Å². The standard InChI is InChI=1S/C14H21NO4/c1-12(16)11-18-8-7-17-9-10-19-14-5-3-13(15-2)4-6-14/h3-6,15H,7-11H2,1-2H3. The Kier molecular flexibility index (Phi) is 7.62. The van der Waals surface area contributed by atoms with Gasteiger partial charge < -0.3 is 19.5 Å². The quantitative estimate of drug-likeness (QED) is 0.654. The van der Waals surface area contributed by atoms with Crippen LogP contribution in [-0.4, -0.2) is 45.9 Å². The van der Waals surface area contributed by atoms with Crippen molar-refractivity contribution in [3.63, 3.8) is 0 Å². The van der Waals surface area contributed by atoms with E-state index in [1.807, 2.05) is 31.3 Å². The molecule has 0 saturated heterocycles. The van der Waals surface area contributed by atoms with Gasteiger partial charge in [-0.1, -0.05) is 0 Å². The van der Waals surface area contributed by atoms with Gasteiger partial charge in [0.2, 0.25) is 0 Å². The molecule has 0 aromatic heterocycles. The molecule has 0 aliphatic heterocycles. The van der Waals surface area contributed by atoms with E-state index in [1.165, 1.54) is 6.92 Å². The van der Waals surface area contributed by atoms with Crippen LogP contribution < -0.4 is 10.1 Å². The van der Waals surface area contributed by atoms with Crippen LogP contribution >= 0.6 is 0 Å². The smallest absolute Gasteiger partial charge is 0.155 e. The molecular weight excluding hydrogens is 246 g/mol. The van der Waals surface area contributed by atoms with Crippen LogP contribution in [0, 0.1) is 0 Å². The van der Waals surface area contributed by atoms with Gasteiger partial charge in [-0.25, -0.2) is 0 Å². The Hall–Kier alpha value is -1.59. The van der Waals surface area contributed by atoms with E-state index in [1.54, 1.807) is 0 Å². The highest BCUT2D eigenvalue weighted by Gasteiger charge is 1.96. The number of hydrogen-bond acceptors (Lipinski definition) is 5. The van der Waals surface area contributed by atoms with E-state index in [-0.39, 0.29) is 12.4 Å². The molecule has 0 amide bonds. The number of rotatable bonds is 10. The third kappa shape index (κ3) is 7.43. The number of carbonyl (C=O) groups is 1. The van der Waals surface area contributed by atoms with E-state index < -0.39 is 0 Å². The van der Waals surface area contributed by atoms with Crippen LogP contribution in [0.4, 0.5) is 5.69 Å². The molecular formula is C14H21NO4. The highest BCUT2D eigenvalue weighted by Crippen LogP contribution is 2.14. The summed E-state index contributed by atoms with van der Waals surface area (Å²) in [5.41, 5.74) is 1.05. The lowest BCUT2D eigenvalue weighted by Crippen LogP contribution is -2.13. The molecule has 0 spiro atoms. The van der Waals surface area contributed by atoms with Gasteiger partial charge in [0.15, 0.2) is 5.78 Å². The first-order valence-electron chi connectivity index (χ1n) is 6.28. The molecule has 1 aromatic rings. The molecule has 5 heteroatoms. The fourth-order valence-corrected chi connectivity index (χ4v) is 1.37. The Bertz CT molecular complexity index is 364. The van der Waals surface area contributed by atoms with E-state index in [0.29, 0.717) is 26.4 Å². The normalized spacial score (nSPS) is 10.2. The Labute approximate surface area is 113 Å². The van der Waals surface area contributed by atoms with Crippen molar-refractivity contribution in [2.75, 3.05) is 45.4 Å². The molecule has 0 aliphatic rings. The summed E-state index contributed by atoms with van der Waals surface area (Å²) in [5, 5.41) is 3.04. The van der Waals surface area contributed by atoms with Crippen molar-refractivity contribution in [3.05, 3.63) is 24.3 Å². The summed E-state index contributed by atoms with van der Waals surface area (Å²) >= 11 is 0. The largest absolute Gasteiger partial charge is 0.491 e. The molecule has 0 radical (unpaired) electrons. The maximum absolute atomic E-state index is 10.6. The molecule has 0 unspecified atom stereocenters. The lowest BCUT2D eigenvalue weighted by Gasteiger charge is -2.08. The van der Waals surface area contributed by atoms with Gasteiger partial charge in [-0.2, -0.15) is 0 Å². The average molecular weight is 267 g/mol. The van der Waals surface area contributed by atoms with Crippen molar-refractivity contribution in [1.29, 1.82) is 0 Å². The fraction of sp³-hybridized carbons (Fsp3) is 0.500. The predicted molar refractivity (Wildman–Crippen MR) is 73.8 cm³/mol. The first-order chi connectivity index (χ1) is 9.22. The van der Waals surface area contributed by atoms with Crippen LogP contribution in [0.25, 0.3) is 0 Å².